The Morgan fingerprint density at radius 3 is 2.20 bits per heavy atom. The van der Waals surface area contributed by atoms with E-state index in [1.165, 1.54) is 34.6 Å². The zero-order valence-electron chi connectivity index (χ0n) is 21.2. The smallest absolute Gasteiger partial charge is 0.326 e. The fourth-order valence-corrected chi connectivity index (χ4v) is 7.70. The molecule has 3 aromatic rings. The van der Waals surface area contributed by atoms with Gasteiger partial charge in [-0.2, -0.15) is 13.2 Å². The minimum Gasteiger partial charge on any atom is -0.326 e. The Morgan fingerprint density at radius 1 is 0.927 bits per heavy atom. The molecule has 1 heterocycles. The van der Waals surface area contributed by atoms with E-state index >= 15 is 0 Å². The van der Waals surface area contributed by atoms with Gasteiger partial charge in [0.05, 0.1) is 22.1 Å². The maximum Gasteiger partial charge on any atom is 0.416 e. The second-order valence-electron chi connectivity index (χ2n) is 9.35. The number of nitrogens with one attached hydrogen (secondary N) is 2. The number of amides is 1. The van der Waals surface area contributed by atoms with Crippen LogP contribution in [-0.4, -0.2) is 40.1 Å². The van der Waals surface area contributed by atoms with Crippen LogP contribution < -0.4 is 10.0 Å². The van der Waals surface area contributed by atoms with Crippen molar-refractivity contribution in [3.05, 3.63) is 87.9 Å². The average Bonchev–Trinajstić information content (AvgIpc) is 2.91. The first kappa shape index (κ1) is 31.1. The van der Waals surface area contributed by atoms with E-state index in [1.54, 1.807) is 18.2 Å². The monoisotopic (exact) mass is 649 g/mol. The van der Waals surface area contributed by atoms with Crippen molar-refractivity contribution in [1.82, 2.24) is 4.31 Å². The lowest BCUT2D eigenvalue weighted by atomic mass is 9.99. The van der Waals surface area contributed by atoms with Crippen LogP contribution in [0.25, 0.3) is 0 Å². The number of hydrogen-bond donors (Lipinski definition) is 2. The Labute approximate surface area is 245 Å². The van der Waals surface area contributed by atoms with E-state index in [0.29, 0.717) is 18.9 Å². The maximum absolute atomic E-state index is 13.1. The topological polar surface area (TPSA) is 113 Å². The van der Waals surface area contributed by atoms with Crippen molar-refractivity contribution in [2.75, 3.05) is 23.1 Å². The van der Waals surface area contributed by atoms with Crippen molar-refractivity contribution in [1.29, 1.82) is 0 Å². The highest BCUT2D eigenvalue weighted by atomic mass is 35.5. The molecule has 4 rings (SSSR count). The number of alkyl halides is 3. The first-order valence-corrected chi connectivity index (χ1v) is 16.0. The SMILES string of the molecule is O=C(Nc1ccc(S(=O)(=O)Nc2cccc(C(F)(F)F)c2)cc1)C1CCCN(S(=O)(=O)Cc2c(Cl)cccc2Cl)C1. The predicted molar refractivity (Wildman–Crippen MR) is 151 cm³/mol. The van der Waals surface area contributed by atoms with Crippen LogP contribution in [0.1, 0.15) is 24.0 Å². The number of carbonyl (C=O) groups is 1. The highest BCUT2D eigenvalue weighted by molar-refractivity contribution is 7.92. The minimum atomic E-state index is -4.63. The third kappa shape index (κ3) is 7.72. The zero-order valence-corrected chi connectivity index (χ0v) is 24.3. The molecule has 1 fully saturated rings. The van der Waals surface area contributed by atoms with Crippen molar-refractivity contribution < 1.29 is 34.8 Å². The second-order valence-corrected chi connectivity index (χ2v) is 13.8. The lowest BCUT2D eigenvalue weighted by Gasteiger charge is -2.31. The molecule has 0 saturated carbocycles. The van der Waals surface area contributed by atoms with Crippen LogP contribution in [0.15, 0.2) is 71.6 Å². The van der Waals surface area contributed by atoms with Gasteiger partial charge >= 0.3 is 6.18 Å². The van der Waals surface area contributed by atoms with E-state index in [1.807, 2.05) is 0 Å². The van der Waals surface area contributed by atoms with Gasteiger partial charge in [0, 0.05) is 40.1 Å². The van der Waals surface area contributed by atoms with Gasteiger partial charge < -0.3 is 5.32 Å². The standard InChI is InChI=1S/C26H24Cl2F3N3O5S2/c27-23-7-2-8-24(28)22(23)16-40(36,37)34-13-3-4-17(15-34)25(35)32-19-9-11-21(12-10-19)41(38,39)33-20-6-1-5-18(14-20)26(29,30)31/h1-2,5-12,14,17,33H,3-4,13,15-16H2,(H,32,35). The van der Waals surface area contributed by atoms with E-state index in [0.717, 1.165) is 12.1 Å². The molecule has 0 aliphatic carbocycles. The Balaban J connectivity index is 1.40. The molecule has 41 heavy (non-hydrogen) atoms. The summed E-state index contributed by atoms with van der Waals surface area (Å²) in [7, 11) is -8.05. The van der Waals surface area contributed by atoms with E-state index in [4.69, 9.17) is 23.2 Å². The van der Waals surface area contributed by atoms with Crippen molar-refractivity contribution in [3.8, 4) is 0 Å². The van der Waals surface area contributed by atoms with Gasteiger partial charge in [-0.15, -0.1) is 0 Å². The number of hydrogen-bond acceptors (Lipinski definition) is 5. The van der Waals surface area contributed by atoms with Gasteiger partial charge in [-0.25, -0.2) is 21.1 Å². The van der Waals surface area contributed by atoms with Crippen LogP contribution in [0.4, 0.5) is 24.5 Å². The van der Waals surface area contributed by atoms with Gasteiger partial charge in [0.25, 0.3) is 10.0 Å². The summed E-state index contributed by atoms with van der Waals surface area (Å²) < 4.78 is 93.7. The maximum atomic E-state index is 13.1. The molecule has 1 aliphatic rings. The van der Waals surface area contributed by atoms with E-state index in [2.05, 4.69) is 10.0 Å². The number of halogens is 5. The number of rotatable bonds is 8. The Hall–Kier alpha value is -2.84. The molecular weight excluding hydrogens is 626 g/mol. The summed E-state index contributed by atoms with van der Waals surface area (Å²) in [5.74, 6) is -1.52. The van der Waals surface area contributed by atoms with Gasteiger partial charge in [-0.1, -0.05) is 35.3 Å². The fraction of sp³-hybridized carbons (Fsp3) is 0.269. The van der Waals surface area contributed by atoms with Crippen LogP contribution in [0.3, 0.4) is 0 Å². The van der Waals surface area contributed by atoms with Crippen LogP contribution in [0.5, 0.6) is 0 Å². The lowest BCUT2D eigenvalue weighted by molar-refractivity contribution is -0.137. The number of carbonyl (C=O) groups excluding carboxylic acids is 1. The van der Waals surface area contributed by atoms with Crippen LogP contribution in [-0.2, 0) is 36.8 Å². The summed E-state index contributed by atoms with van der Waals surface area (Å²) in [6.07, 6.45) is -3.74. The molecule has 1 aliphatic heterocycles. The third-order valence-electron chi connectivity index (χ3n) is 6.41. The molecule has 2 N–H and O–H groups in total. The number of benzene rings is 3. The number of sulfonamides is 2. The van der Waals surface area contributed by atoms with E-state index in [-0.39, 0.29) is 45.0 Å². The normalized spacial score (nSPS) is 16.8. The van der Waals surface area contributed by atoms with Crippen molar-refractivity contribution >= 4 is 60.5 Å². The summed E-state index contributed by atoms with van der Waals surface area (Å²) in [4.78, 5) is 12.7. The minimum absolute atomic E-state index is 0.0520. The summed E-state index contributed by atoms with van der Waals surface area (Å²) in [6.45, 7) is 0.184. The largest absolute Gasteiger partial charge is 0.416 e. The van der Waals surface area contributed by atoms with Gasteiger partial charge in [0.2, 0.25) is 15.9 Å². The van der Waals surface area contributed by atoms with Crippen LogP contribution in [0.2, 0.25) is 10.0 Å². The highest BCUT2D eigenvalue weighted by Gasteiger charge is 2.33. The third-order valence-corrected chi connectivity index (χ3v) is 10.3. The molecule has 0 spiro atoms. The molecule has 0 aromatic heterocycles. The molecule has 1 amide bonds. The average molecular weight is 651 g/mol. The predicted octanol–water partition coefficient (Wildman–Crippen LogP) is 5.99. The summed E-state index contributed by atoms with van der Waals surface area (Å²) >= 11 is 12.3. The van der Waals surface area contributed by atoms with Gasteiger partial charge in [-0.05, 0) is 67.4 Å². The Morgan fingerprint density at radius 2 is 1.56 bits per heavy atom. The first-order valence-electron chi connectivity index (χ1n) is 12.2. The molecule has 0 radical (unpaired) electrons. The Kier molecular flexibility index (Phi) is 9.24. The van der Waals surface area contributed by atoms with E-state index < -0.39 is 49.4 Å². The van der Waals surface area contributed by atoms with Crippen LogP contribution >= 0.6 is 23.2 Å². The number of piperidine rings is 1. The molecule has 15 heteroatoms. The highest BCUT2D eigenvalue weighted by Crippen LogP contribution is 2.32. The number of anilines is 2. The van der Waals surface area contributed by atoms with Gasteiger partial charge in [0.1, 0.15) is 0 Å². The summed E-state index contributed by atoms with van der Waals surface area (Å²) in [6, 6.07) is 13.5. The molecule has 3 aromatic carbocycles. The molecule has 220 valence electrons. The van der Waals surface area contributed by atoms with Gasteiger partial charge in [0.15, 0.2) is 0 Å². The molecule has 1 atom stereocenters. The molecule has 1 saturated heterocycles. The first-order chi connectivity index (χ1) is 19.2. The molecule has 1 unspecified atom stereocenters. The van der Waals surface area contributed by atoms with Crippen molar-refractivity contribution in [2.45, 2.75) is 29.7 Å². The number of nitrogens with zero attached hydrogens (tertiary/aromatic N) is 1. The Bertz CT molecular complexity index is 1630. The van der Waals surface area contributed by atoms with Crippen LogP contribution in [0, 0.1) is 5.92 Å². The zero-order chi connectivity index (χ0) is 30.0. The fourth-order valence-electron chi connectivity index (χ4n) is 4.29. The van der Waals surface area contributed by atoms with E-state index in [9.17, 15) is 34.8 Å². The molecule has 8 nitrogen and oxygen atoms in total. The van der Waals surface area contributed by atoms with Crippen molar-refractivity contribution in [3.63, 3.8) is 0 Å². The lowest BCUT2D eigenvalue weighted by Crippen LogP contribution is -2.44. The van der Waals surface area contributed by atoms with Crippen molar-refractivity contribution in [2.24, 2.45) is 5.92 Å². The van der Waals surface area contributed by atoms with Gasteiger partial charge in [-0.3, -0.25) is 9.52 Å². The second kappa shape index (κ2) is 12.2. The molecule has 0 bridgehead atoms. The molecular formula is C26H24Cl2F3N3O5S2. The summed E-state index contributed by atoms with van der Waals surface area (Å²) in [5, 5.41) is 3.11. The summed E-state index contributed by atoms with van der Waals surface area (Å²) in [5.41, 5.74) is -0.723. The quantitative estimate of drug-likeness (QED) is 0.311.